The van der Waals surface area contributed by atoms with E-state index < -0.39 is 12.1 Å². The van der Waals surface area contributed by atoms with Gasteiger partial charge in [0.2, 0.25) is 5.91 Å². The summed E-state index contributed by atoms with van der Waals surface area (Å²) in [6, 6.07) is 18.4. The zero-order chi connectivity index (χ0) is 19.6. The number of hydrogen-bond donors (Lipinski definition) is 2. The lowest BCUT2D eigenvalue weighted by Gasteiger charge is -2.25. The van der Waals surface area contributed by atoms with Crippen molar-refractivity contribution in [3.63, 3.8) is 0 Å². The first kappa shape index (κ1) is 20.5. The van der Waals surface area contributed by atoms with Crippen LogP contribution in [0.15, 0.2) is 60.7 Å². The summed E-state index contributed by atoms with van der Waals surface area (Å²) in [7, 11) is 0. The zero-order valence-electron chi connectivity index (χ0n) is 16.1. The molecule has 0 unspecified atom stereocenters. The van der Waals surface area contributed by atoms with Crippen LogP contribution in [0.3, 0.4) is 0 Å². The standard InChI is InChI=1S/C22H28N2O3/c1-4-16(2)20(21(25)23-17(3)19-13-9-6-10-14-19)24-22(26)27-15-18-11-7-5-8-12-18/h5-14,16-17,20H,4,15H2,1-3H3,(H,23,25)(H,24,26)/t16-,17-,20+/m0/s1. The van der Waals surface area contributed by atoms with E-state index in [1.54, 1.807) is 0 Å². The Morgan fingerprint density at radius 1 is 0.926 bits per heavy atom. The molecule has 2 N–H and O–H groups in total. The predicted octanol–water partition coefficient (Wildman–Crippen LogP) is 4.20. The fraction of sp³-hybridized carbons (Fsp3) is 0.364. The Labute approximate surface area is 161 Å². The van der Waals surface area contributed by atoms with Crippen LogP contribution < -0.4 is 10.6 Å². The van der Waals surface area contributed by atoms with Gasteiger partial charge < -0.3 is 15.4 Å². The molecule has 2 rings (SSSR count). The number of ether oxygens (including phenoxy) is 1. The molecular formula is C22H28N2O3. The van der Waals surface area contributed by atoms with Crippen molar-refractivity contribution in [1.82, 2.24) is 10.6 Å². The Bertz CT molecular complexity index is 719. The molecule has 0 aliphatic rings. The minimum atomic E-state index is -0.649. The fourth-order valence-corrected chi connectivity index (χ4v) is 2.72. The predicted molar refractivity (Wildman–Crippen MR) is 106 cm³/mol. The first-order chi connectivity index (χ1) is 13.0. The highest BCUT2D eigenvalue weighted by Crippen LogP contribution is 2.14. The van der Waals surface area contributed by atoms with Crippen molar-refractivity contribution in [2.45, 2.75) is 45.9 Å². The number of rotatable bonds is 8. The van der Waals surface area contributed by atoms with E-state index in [1.165, 1.54) is 0 Å². The number of carbonyl (C=O) groups is 2. The van der Waals surface area contributed by atoms with Crippen molar-refractivity contribution >= 4 is 12.0 Å². The third kappa shape index (κ3) is 6.44. The summed E-state index contributed by atoms with van der Waals surface area (Å²) in [5.41, 5.74) is 1.91. The Hall–Kier alpha value is -2.82. The minimum Gasteiger partial charge on any atom is -0.445 e. The molecule has 0 aliphatic heterocycles. The molecule has 144 valence electrons. The van der Waals surface area contributed by atoms with Gasteiger partial charge in [-0.05, 0) is 24.0 Å². The van der Waals surface area contributed by atoms with Crippen LogP contribution in [0, 0.1) is 5.92 Å². The molecule has 0 aromatic heterocycles. The van der Waals surface area contributed by atoms with E-state index in [-0.39, 0.29) is 24.5 Å². The molecule has 5 nitrogen and oxygen atoms in total. The van der Waals surface area contributed by atoms with Gasteiger partial charge in [-0.25, -0.2) is 4.79 Å². The zero-order valence-corrected chi connectivity index (χ0v) is 16.1. The van der Waals surface area contributed by atoms with Gasteiger partial charge in [0, 0.05) is 0 Å². The molecule has 5 heteroatoms. The molecule has 0 heterocycles. The monoisotopic (exact) mass is 368 g/mol. The first-order valence-corrected chi connectivity index (χ1v) is 9.33. The number of benzene rings is 2. The Balaban J connectivity index is 1.95. The second kappa shape index (κ2) is 10.4. The molecule has 0 radical (unpaired) electrons. The van der Waals surface area contributed by atoms with E-state index in [2.05, 4.69) is 10.6 Å². The van der Waals surface area contributed by atoms with Crippen LogP contribution in [0.25, 0.3) is 0 Å². The summed E-state index contributed by atoms with van der Waals surface area (Å²) < 4.78 is 5.26. The smallest absolute Gasteiger partial charge is 0.408 e. The highest BCUT2D eigenvalue weighted by atomic mass is 16.5. The van der Waals surface area contributed by atoms with Crippen LogP contribution in [0.1, 0.15) is 44.4 Å². The lowest BCUT2D eigenvalue weighted by Crippen LogP contribution is -2.50. The van der Waals surface area contributed by atoms with Gasteiger partial charge in [0.1, 0.15) is 12.6 Å². The van der Waals surface area contributed by atoms with Gasteiger partial charge in [0.05, 0.1) is 6.04 Å². The van der Waals surface area contributed by atoms with Crippen molar-refractivity contribution in [1.29, 1.82) is 0 Å². The maximum Gasteiger partial charge on any atom is 0.408 e. The van der Waals surface area contributed by atoms with Crippen LogP contribution in [0.4, 0.5) is 4.79 Å². The van der Waals surface area contributed by atoms with Crippen molar-refractivity contribution in [2.75, 3.05) is 0 Å². The molecule has 0 spiro atoms. The number of nitrogens with one attached hydrogen (secondary N) is 2. The number of amides is 2. The maximum atomic E-state index is 12.8. The molecule has 2 aromatic carbocycles. The quantitative estimate of drug-likeness (QED) is 0.734. The number of hydrogen-bond acceptors (Lipinski definition) is 3. The largest absolute Gasteiger partial charge is 0.445 e. The van der Waals surface area contributed by atoms with Crippen LogP contribution >= 0.6 is 0 Å². The molecule has 0 fully saturated rings. The summed E-state index contributed by atoms with van der Waals surface area (Å²) in [6.45, 7) is 6.02. The van der Waals surface area contributed by atoms with Gasteiger partial charge >= 0.3 is 6.09 Å². The summed E-state index contributed by atoms with van der Waals surface area (Å²) in [5.74, 6) is -0.227. The van der Waals surface area contributed by atoms with Gasteiger partial charge in [-0.3, -0.25) is 4.79 Å². The van der Waals surface area contributed by atoms with E-state index >= 15 is 0 Å². The van der Waals surface area contributed by atoms with Crippen LogP contribution in [0.5, 0.6) is 0 Å². The number of alkyl carbamates (subject to hydrolysis) is 1. The van der Waals surface area contributed by atoms with E-state index in [9.17, 15) is 9.59 Å². The van der Waals surface area contributed by atoms with Crippen LogP contribution in [-0.4, -0.2) is 18.0 Å². The normalized spacial score (nSPS) is 13.9. The highest BCUT2D eigenvalue weighted by Gasteiger charge is 2.27. The SMILES string of the molecule is CC[C@H](C)[C@@H](NC(=O)OCc1ccccc1)C(=O)N[C@@H](C)c1ccccc1. The minimum absolute atomic E-state index is 0.0164. The first-order valence-electron chi connectivity index (χ1n) is 9.33. The lowest BCUT2D eigenvalue weighted by molar-refractivity contribution is -0.124. The topological polar surface area (TPSA) is 67.4 Å². The van der Waals surface area contributed by atoms with E-state index in [4.69, 9.17) is 4.74 Å². The van der Waals surface area contributed by atoms with Gasteiger partial charge in [0.15, 0.2) is 0 Å². The third-order valence-corrected chi connectivity index (χ3v) is 4.64. The molecule has 0 saturated carbocycles. The average Bonchev–Trinajstić information content (AvgIpc) is 2.71. The van der Waals surface area contributed by atoms with Crippen molar-refractivity contribution in [3.8, 4) is 0 Å². The fourth-order valence-electron chi connectivity index (χ4n) is 2.72. The van der Waals surface area contributed by atoms with Gasteiger partial charge in [-0.2, -0.15) is 0 Å². The lowest BCUT2D eigenvalue weighted by atomic mass is 9.97. The molecule has 2 aromatic rings. The van der Waals surface area contributed by atoms with Crippen molar-refractivity contribution in [3.05, 3.63) is 71.8 Å². The van der Waals surface area contributed by atoms with Crippen molar-refractivity contribution in [2.24, 2.45) is 5.92 Å². The second-order valence-corrected chi connectivity index (χ2v) is 6.71. The van der Waals surface area contributed by atoms with Crippen LogP contribution in [-0.2, 0) is 16.1 Å². The molecule has 0 saturated heterocycles. The second-order valence-electron chi connectivity index (χ2n) is 6.71. The van der Waals surface area contributed by atoms with E-state index in [1.807, 2.05) is 81.4 Å². The Kier molecular flexibility index (Phi) is 7.86. The van der Waals surface area contributed by atoms with Crippen molar-refractivity contribution < 1.29 is 14.3 Å². The van der Waals surface area contributed by atoms with Crippen LogP contribution in [0.2, 0.25) is 0 Å². The molecule has 3 atom stereocenters. The van der Waals surface area contributed by atoms with E-state index in [0.717, 1.165) is 17.5 Å². The Morgan fingerprint density at radius 3 is 2.11 bits per heavy atom. The maximum absolute atomic E-state index is 12.8. The molecule has 2 amide bonds. The molecule has 0 aliphatic carbocycles. The van der Waals surface area contributed by atoms with E-state index in [0.29, 0.717) is 0 Å². The van der Waals surface area contributed by atoms with Gasteiger partial charge in [0.25, 0.3) is 0 Å². The summed E-state index contributed by atoms with van der Waals surface area (Å²) in [4.78, 5) is 24.9. The Morgan fingerprint density at radius 2 is 1.52 bits per heavy atom. The summed E-state index contributed by atoms with van der Waals surface area (Å²) in [5, 5.41) is 5.70. The molecule has 27 heavy (non-hydrogen) atoms. The molecular weight excluding hydrogens is 340 g/mol. The third-order valence-electron chi connectivity index (χ3n) is 4.64. The highest BCUT2D eigenvalue weighted by molar-refractivity contribution is 5.86. The summed E-state index contributed by atoms with van der Waals surface area (Å²) >= 11 is 0. The van der Waals surface area contributed by atoms with Gasteiger partial charge in [-0.1, -0.05) is 80.9 Å². The van der Waals surface area contributed by atoms with Gasteiger partial charge in [-0.15, -0.1) is 0 Å². The number of carbonyl (C=O) groups excluding carboxylic acids is 2. The average molecular weight is 368 g/mol. The molecule has 0 bridgehead atoms. The summed E-state index contributed by atoms with van der Waals surface area (Å²) in [6.07, 6.45) is 0.170.